The Labute approximate surface area is 122 Å². The summed E-state index contributed by atoms with van der Waals surface area (Å²) in [5.41, 5.74) is 9.31. The Morgan fingerprint density at radius 1 is 1.30 bits per heavy atom. The van der Waals surface area contributed by atoms with Crippen molar-refractivity contribution in [3.63, 3.8) is 0 Å². The van der Waals surface area contributed by atoms with Crippen LogP contribution >= 0.6 is 0 Å². The van der Waals surface area contributed by atoms with Gasteiger partial charge in [0.15, 0.2) is 0 Å². The van der Waals surface area contributed by atoms with Crippen molar-refractivity contribution >= 4 is 5.91 Å². The van der Waals surface area contributed by atoms with E-state index in [1.807, 2.05) is 0 Å². The van der Waals surface area contributed by atoms with Crippen LogP contribution in [0.2, 0.25) is 0 Å². The standard InChI is InChI=1S/C16H27N3O/c1-5-8-19(12-16(20)18(3)4)11-15-7-6-14(10-17)9-13(15)2/h6-7,9H,5,8,10-12,17H2,1-4H3. The number of carbonyl (C=O) groups is 1. The lowest BCUT2D eigenvalue weighted by atomic mass is 10.0. The lowest BCUT2D eigenvalue weighted by Crippen LogP contribution is -2.36. The fraction of sp³-hybridized carbons (Fsp3) is 0.562. The molecule has 1 aromatic rings. The number of rotatable bonds is 7. The lowest BCUT2D eigenvalue weighted by Gasteiger charge is -2.24. The zero-order valence-corrected chi connectivity index (χ0v) is 13.1. The molecule has 1 amide bonds. The highest BCUT2D eigenvalue weighted by Gasteiger charge is 2.13. The van der Waals surface area contributed by atoms with E-state index in [-0.39, 0.29) is 5.91 Å². The van der Waals surface area contributed by atoms with Gasteiger partial charge in [0.25, 0.3) is 0 Å². The average Bonchev–Trinajstić information content (AvgIpc) is 2.41. The van der Waals surface area contributed by atoms with Crippen LogP contribution in [0.1, 0.15) is 30.0 Å². The van der Waals surface area contributed by atoms with Gasteiger partial charge < -0.3 is 10.6 Å². The first kappa shape index (κ1) is 16.7. The zero-order valence-electron chi connectivity index (χ0n) is 13.1. The monoisotopic (exact) mass is 277 g/mol. The highest BCUT2D eigenvalue weighted by molar-refractivity contribution is 5.77. The van der Waals surface area contributed by atoms with E-state index < -0.39 is 0 Å². The van der Waals surface area contributed by atoms with Gasteiger partial charge in [0, 0.05) is 27.2 Å². The normalized spacial score (nSPS) is 10.9. The maximum Gasteiger partial charge on any atom is 0.236 e. The fourth-order valence-corrected chi connectivity index (χ4v) is 2.17. The summed E-state index contributed by atoms with van der Waals surface area (Å²) in [6, 6.07) is 6.33. The highest BCUT2D eigenvalue weighted by Crippen LogP contribution is 2.14. The summed E-state index contributed by atoms with van der Waals surface area (Å²) in [5, 5.41) is 0. The molecule has 20 heavy (non-hydrogen) atoms. The van der Waals surface area contributed by atoms with Gasteiger partial charge in [0.05, 0.1) is 6.54 Å². The average molecular weight is 277 g/mol. The Kier molecular flexibility index (Phi) is 6.68. The van der Waals surface area contributed by atoms with Crippen LogP contribution in [-0.2, 0) is 17.9 Å². The van der Waals surface area contributed by atoms with Crippen LogP contribution in [-0.4, -0.2) is 42.9 Å². The molecule has 0 radical (unpaired) electrons. The number of carbonyl (C=O) groups excluding carboxylic acids is 1. The summed E-state index contributed by atoms with van der Waals surface area (Å²) < 4.78 is 0. The van der Waals surface area contributed by atoms with Crippen LogP contribution in [0.25, 0.3) is 0 Å². The number of amides is 1. The van der Waals surface area contributed by atoms with E-state index in [0.717, 1.165) is 25.1 Å². The van der Waals surface area contributed by atoms with Crippen LogP contribution in [0.3, 0.4) is 0 Å². The SMILES string of the molecule is CCCN(CC(=O)N(C)C)Cc1ccc(CN)cc1C. The predicted octanol–water partition coefficient (Wildman–Crippen LogP) is 1.75. The molecule has 1 rings (SSSR count). The third-order valence-electron chi connectivity index (χ3n) is 3.43. The van der Waals surface area contributed by atoms with Crippen molar-refractivity contribution in [3.8, 4) is 0 Å². The van der Waals surface area contributed by atoms with E-state index in [4.69, 9.17) is 5.73 Å². The van der Waals surface area contributed by atoms with Crippen LogP contribution in [0.15, 0.2) is 18.2 Å². The summed E-state index contributed by atoms with van der Waals surface area (Å²) in [6.07, 6.45) is 1.04. The molecular formula is C16H27N3O. The quantitative estimate of drug-likeness (QED) is 0.826. The molecule has 112 valence electrons. The van der Waals surface area contributed by atoms with Gasteiger partial charge in [0.2, 0.25) is 5.91 Å². The summed E-state index contributed by atoms with van der Waals surface area (Å²) in [4.78, 5) is 15.7. The van der Waals surface area contributed by atoms with Crippen LogP contribution in [0.4, 0.5) is 0 Å². The van der Waals surface area contributed by atoms with Crippen molar-refractivity contribution < 1.29 is 4.79 Å². The Balaban J connectivity index is 2.77. The second-order valence-electron chi connectivity index (χ2n) is 5.46. The van der Waals surface area contributed by atoms with Crippen molar-refractivity contribution in [2.75, 3.05) is 27.2 Å². The van der Waals surface area contributed by atoms with Gasteiger partial charge >= 0.3 is 0 Å². The van der Waals surface area contributed by atoms with Gasteiger partial charge in [-0.05, 0) is 36.6 Å². The van der Waals surface area contributed by atoms with Gasteiger partial charge in [0.1, 0.15) is 0 Å². The Hall–Kier alpha value is -1.39. The first-order valence-electron chi connectivity index (χ1n) is 7.18. The highest BCUT2D eigenvalue weighted by atomic mass is 16.2. The van der Waals surface area contributed by atoms with E-state index in [1.54, 1.807) is 19.0 Å². The molecule has 0 aromatic heterocycles. The molecule has 0 saturated heterocycles. The molecule has 0 fully saturated rings. The Morgan fingerprint density at radius 2 is 2.00 bits per heavy atom. The Bertz CT molecular complexity index is 443. The smallest absolute Gasteiger partial charge is 0.236 e. The third kappa shape index (κ3) is 4.94. The maximum atomic E-state index is 11.9. The number of benzene rings is 1. The van der Waals surface area contributed by atoms with Crippen molar-refractivity contribution in [3.05, 3.63) is 34.9 Å². The maximum absolute atomic E-state index is 11.9. The van der Waals surface area contributed by atoms with Crippen molar-refractivity contribution in [1.82, 2.24) is 9.80 Å². The summed E-state index contributed by atoms with van der Waals surface area (Å²) in [5.74, 6) is 0.148. The Morgan fingerprint density at radius 3 is 2.50 bits per heavy atom. The molecule has 0 unspecified atom stereocenters. The topological polar surface area (TPSA) is 49.6 Å². The largest absolute Gasteiger partial charge is 0.348 e. The van der Waals surface area contributed by atoms with E-state index in [1.165, 1.54) is 11.1 Å². The molecule has 0 aliphatic heterocycles. The number of aryl methyl sites for hydroxylation is 1. The van der Waals surface area contributed by atoms with Crippen LogP contribution in [0, 0.1) is 6.92 Å². The van der Waals surface area contributed by atoms with E-state index >= 15 is 0 Å². The van der Waals surface area contributed by atoms with Crippen LogP contribution < -0.4 is 5.73 Å². The molecule has 0 spiro atoms. The second kappa shape index (κ2) is 8.02. The van der Waals surface area contributed by atoms with Gasteiger partial charge in [-0.3, -0.25) is 9.69 Å². The van der Waals surface area contributed by atoms with Crippen LogP contribution in [0.5, 0.6) is 0 Å². The molecule has 4 nitrogen and oxygen atoms in total. The first-order valence-corrected chi connectivity index (χ1v) is 7.18. The molecule has 2 N–H and O–H groups in total. The number of hydrogen-bond acceptors (Lipinski definition) is 3. The molecule has 0 heterocycles. The molecule has 0 bridgehead atoms. The minimum atomic E-state index is 0.148. The molecule has 0 atom stereocenters. The fourth-order valence-electron chi connectivity index (χ4n) is 2.17. The third-order valence-corrected chi connectivity index (χ3v) is 3.43. The van der Waals surface area contributed by atoms with Crippen molar-refractivity contribution in [2.45, 2.75) is 33.4 Å². The van der Waals surface area contributed by atoms with Crippen molar-refractivity contribution in [2.24, 2.45) is 5.73 Å². The molecule has 4 heteroatoms. The molecule has 1 aromatic carbocycles. The van der Waals surface area contributed by atoms with E-state index in [2.05, 4.69) is 36.9 Å². The predicted molar refractivity (Wildman–Crippen MR) is 83.3 cm³/mol. The zero-order chi connectivity index (χ0) is 15.1. The number of likely N-dealkylation sites (N-methyl/N-ethyl adjacent to an activating group) is 1. The minimum Gasteiger partial charge on any atom is -0.348 e. The van der Waals surface area contributed by atoms with Gasteiger partial charge in [-0.2, -0.15) is 0 Å². The van der Waals surface area contributed by atoms with Crippen molar-refractivity contribution in [1.29, 1.82) is 0 Å². The molecular weight excluding hydrogens is 250 g/mol. The summed E-state index contributed by atoms with van der Waals surface area (Å²) in [6.45, 7) is 7.02. The lowest BCUT2D eigenvalue weighted by molar-refractivity contribution is -0.130. The van der Waals surface area contributed by atoms with Gasteiger partial charge in [-0.25, -0.2) is 0 Å². The van der Waals surface area contributed by atoms with E-state index in [0.29, 0.717) is 13.1 Å². The summed E-state index contributed by atoms with van der Waals surface area (Å²) >= 11 is 0. The van der Waals surface area contributed by atoms with E-state index in [9.17, 15) is 4.79 Å². The first-order chi connectivity index (χ1) is 9.47. The molecule has 0 aliphatic carbocycles. The minimum absolute atomic E-state index is 0.148. The number of hydrogen-bond donors (Lipinski definition) is 1. The van der Waals surface area contributed by atoms with Gasteiger partial charge in [-0.1, -0.05) is 25.1 Å². The second-order valence-corrected chi connectivity index (χ2v) is 5.46. The number of nitrogens with zero attached hydrogens (tertiary/aromatic N) is 2. The van der Waals surface area contributed by atoms with Gasteiger partial charge in [-0.15, -0.1) is 0 Å². The molecule has 0 saturated carbocycles. The molecule has 0 aliphatic rings. The number of nitrogens with two attached hydrogens (primary N) is 1. The summed E-state index contributed by atoms with van der Waals surface area (Å²) in [7, 11) is 3.60.